The van der Waals surface area contributed by atoms with Gasteiger partial charge in [-0.1, -0.05) is 304 Å². The van der Waals surface area contributed by atoms with Crippen molar-refractivity contribution >= 4 is 48.0 Å². The van der Waals surface area contributed by atoms with Crippen LogP contribution in [0.15, 0.2) is 421 Å². The Morgan fingerprint density at radius 3 is 0.993 bits per heavy atom. The Labute approximate surface area is 797 Å². The zero-order valence-corrected chi connectivity index (χ0v) is 80.1. The van der Waals surface area contributed by atoms with Crippen molar-refractivity contribution in [3.8, 4) is 56.8 Å². The summed E-state index contributed by atoms with van der Waals surface area (Å²) in [6.45, 7) is 19.1. The fourth-order valence-corrected chi connectivity index (χ4v) is 18.9. The molecule has 1 N–H and O–H groups in total. The molecule has 0 aliphatic rings. The first-order valence-electron chi connectivity index (χ1n) is 44.5. The molecule has 0 aliphatic carbocycles. The number of benzene rings is 15. The van der Waals surface area contributed by atoms with E-state index in [4.69, 9.17) is 28.8 Å². The van der Waals surface area contributed by atoms with Crippen LogP contribution in [0.5, 0.6) is 34.5 Å². The number of para-hydroxylation sites is 1. The summed E-state index contributed by atoms with van der Waals surface area (Å²) in [6.07, 6.45) is 3.89. The fourth-order valence-electron chi connectivity index (χ4n) is 13.6. The second-order valence-corrected chi connectivity index (χ2v) is 38.1. The molecule has 22 heteroatoms. The maximum Gasteiger partial charge on any atom is 0.349 e. The van der Waals surface area contributed by atoms with Gasteiger partial charge in [-0.2, -0.15) is 8.78 Å². The van der Waals surface area contributed by atoms with Crippen molar-refractivity contribution in [3.05, 3.63) is 433 Å². The summed E-state index contributed by atoms with van der Waals surface area (Å²) in [7, 11) is -10.3. The van der Waals surface area contributed by atoms with E-state index in [-0.39, 0.29) is 44.6 Å². The molecular formula is C113H112F4O14S4. The highest BCUT2D eigenvalue weighted by atomic mass is 32.2. The summed E-state index contributed by atoms with van der Waals surface area (Å²) in [5.41, 5.74) is 10.3. The standard InChI is InChI=1S/C32H34O3.C18H16F4O6S.2C18H15S.C17H20O4S.C10H14O/c1-4-24(2)26-18-20-29(21-19-26)35-25(3)33-22-23-34-32-30(27-12-7-5-8-13-27)16-11-17-31(32)28-14-9-6-10-15-28;1-3-9(2)10-4-6-11(7-5-10)28-12(23)8-27-17-13(19)15(21)18(29(24,25)26)16(22)14(17)20;2*1-4-10-16(11-5-1)19(17-12-6-2-7-13-17)18-14-8-3-9-15-18;1-3-13(2)15-6-4-14(5-7-15)12-21-16-8-10-17(11-9-16)22(18,19)20;1-3-8(2)9-4-6-10(11)7-5-9/h5-21,24-25H,4,22-23H2,1-3H3;4-7,9H,3,8H2,1-2H3,(H,24,25,26);2*1-15H;4-11,13H,3,12H2,1-2H3,(H,18,19,20);4-8,11H,3H2,1-2H3/q;;2*+1;;/p-2. The molecule has 0 radical (unpaired) electrons. The van der Waals surface area contributed by atoms with Crippen molar-refractivity contribution < 1.29 is 81.8 Å². The van der Waals surface area contributed by atoms with Crippen molar-refractivity contribution in [1.29, 1.82) is 0 Å². The van der Waals surface area contributed by atoms with Crippen LogP contribution in [0, 0.1) is 23.3 Å². The number of esters is 1. The lowest BCUT2D eigenvalue weighted by atomic mass is 9.97. The SMILES string of the molecule is CCC(C)c1ccc(COc2ccc(S(=O)(=O)[O-])cc2)cc1.CCC(C)c1ccc(O)cc1.CCC(C)c1ccc(OC(=O)COc2c(F)c(F)c(S(=O)(=O)[O-])c(F)c2F)cc1.CCC(C)c1ccc(OC(C)OCCOc2c(-c3ccccc3)cccc2-c2ccccc2)cc1.c1ccc([S+](c2ccccc2)c2ccccc2)cc1.c1ccc([S+](c2ccccc2)c2ccccc2)cc1. The molecule has 5 atom stereocenters. The third-order valence-electron chi connectivity index (χ3n) is 21.9. The summed E-state index contributed by atoms with van der Waals surface area (Å²) >= 11 is 0. The first-order valence-corrected chi connectivity index (χ1v) is 49.8. The highest BCUT2D eigenvalue weighted by Crippen LogP contribution is 2.41. The first-order chi connectivity index (χ1) is 65.2. The fraction of sp³-hybridized carbons (Fsp3) is 0.195. The van der Waals surface area contributed by atoms with E-state index in [0.717, 1.165) is 70.6 Å². The van der Waals surface area contributed by atoms with Gasteiger partial charge in [0.2, 0.25) is 11.6 Å². The summed E-state index contributed by atoms with van der Waals surface area (Å²) in [6, 6.07) is 127. The molecule has 0 saturated heterocycles. The van der Waals surface area contributed by atoms with E-state index in [0.29, 0.717) is 49.1 Å². The summed E-state index contributed by atoms with van der Waals surface area (Å²) in [4.78, 5) is 17.4. The Morgan fingerprint density at radius 2 is 0.659 bits per heavy atom. The molecular weight excluding hydrogens is 1790 g/mol. The topological polar surface area (TPSA) is 207 Å². The van der Waals surface area contributed by atoms with Crippen molar-refractivity contribution in [2.75, 3.05) is 19.8 Å². The lowest BCUT2D eigenvalue weighted by Gasteiger charge is -2.19. The Balaban J connectivity index is 0.000000172. The number of hydrogen-bond donors (Lipinski definition) is 1. The van der Waals surface area contributed by atoms with Gasteiger partial charge in [0.1, 0.15) is 67.1 Å². The highest BCUT2D eigenvalue weighted by Gasteiger charge is 2.32. The van der Waals surface area contributed by atoms with Gasteiger partial charge in [-0.25, -0.2) is 30.4 Å². The van der Waals surface area contributed by atoms with Crippen LogP contribution in [0.25, 0.3) is 22.3 Å². The largest absolute Gasteiger partial charge is 0.744 e. The van der Waals surface area contributed by atoms with Crippen LogP contribution in [-0.4, -0.2) is 63.1 Å². The van der Waals surface area contributed by atoms with Crippen LogP contribution in [0.3, 0.4) is 0 Å². The molecule has 0 heterocycles. The number of ether oxygens (including phenoxy) is 6. The monoisotopic (exact) mass is 1900 g/mol. The number of carbonyl (C=O) groups is 1. The minimum absolute atomic E-state index is 0.0146. The molecule has 0 saturated carbocycles. The van der Waals surface area contributed by atoms with E-state index in [1.165, 1.54) is 82.5 Å². The van der Waals surface area contributed by atoms with Crippen LogP contribution >= 0.6 is 0 Å². The quantitative estimate of drug-likeness (QED) is 0.00608. The third-order valence-corrected chi connectivity index (χ3v) is 28.1. The molecule has 5 unspecified atom stereocenters. The van der Waals surface area contributed by atoms with Gasteiger partial charge in [0, 0.05) is 11.1 Å². The highest BCUT2D eigenvalue weighted by molar-refractivity contribution is 7.97. The Bertz CT molecular complexity index is 5910. The molecule has 0 spiro atoms. The van der Waals surface area contributed by atoms with Crippen molar-refractivity contribution in [3.63, 3.8) is 0 Å². The zero-order valence-electron chi connectivity index (χ0n) is 76.8. The molecule has 135 heavy (non-hydrogen) atoms. The second kappa shape index (κ2) is 53.2. The Morgan fingerprint density at radius 1 is 0.341 bits per heavy atom. The van der Waals surface area contributed by atoms with E-state index >= 15 is 0 Å². The van der Waals surface area contributed by atoms with Gasteiger partial charge in [0.25, 0.3) is 0 Å². The lowest BCUT2D eigenvalue weighted by Crippen LogP contribution is -2.20. The van der Waals surface area contributed by atoms with E-state index in [2.05, 4.69) is 295 Å². The lowest BCUT2D eigenvalue weighted by molar-refractivity contribution is -0.136. The number of carbonyl (C=O) groups excluding carboxylic acids is 1. The Hall–Kier alpha value is -13.0. The van der Waals surface area contributed by atoms with E-state index in [1.54, 1.807) is 24.3 Å². The van der Waals surface area contributed by atoms with E-state index in [1.807, 2.05) is 93.6 Å². The first kappa shape index (κ1) is 104. The number of phenolic OH excluding ortho intramolecular Hbond substituents is 1. The maximum absolute atomic E-state index is 13.8. The summed E-state index contributed by atoms with van der Waals surface area (Å²) in [5.74, 6) is -7.71. The second-order valence-electron chi connectivity index (χ2n) is 31.4. The number of phenols is 1. The predicted molar refractivity (Wildman–Crippen MR) is 528 cm³/mol. The molecule has 0 aliphatic heterocycles. The zero-order chi connectivity index (χ0) is 96.7. The third kappa shape index (κ3) is 31.8. The average Bonchev–Trinajstić information content (AvgIpc) is 0.765. The van der Waals surface area contributed by atoms with Crippen molar-refractivity contribution in [2.45, 2.75) is 164 Å². The van der Waals surface area contributed by atoms with Crippen LogP contribution in [0.1, 0.15) is 139 Å². The van der Waals surface area contributed by atoms with Gasteiger partial charge >= 0.3 is 5.97 Å². The Kier molecular flexibility index (Phi) is 41.0. The normalized spacial score (nSPS) is 12.1. The molecule has 0 bridgehead atoms. The number of aromatic hydroxyl groups is 1. The average molecular weight is 1900 g/mol. The number of hydrogen-bond acceptors (Lipinski definition) is 14. The van der Waals surface area contributed by atoms with Gasteiger partial charge in [-0.3, -0.25) is 0 Å². The molecule has 14 nitrogen and oxygen atoms in total. The van der Waals surface area contributed by atoms with Crippen LogP contribution in [-0.2, 0) is 58.2 Å². The molecule has 0 amide bonds. The van der Waals surface area contributed by atoms with Crippen LogP contribution in [0.2, 0.25) is 0 Å². The van der Waals surface area contributed by atoms with Gasteiger partial charge in [-0.05, 0) is 229 Å². The van der Waals surface area contributed by atoms with Crippen LogP contribution in [0.4, 0.5) is 17.6 Å². The molecule has 0 aromatic heterocycles. The van der Waals surface area contributed by atoms with Crippen molar-refractivity contribution in [1.82, 2.24) is 0 Å². The van der Waals surface area contributed by atoms with Crippen molar-refractivity contribution in [2.24, 2.45) is 0 Å². The minimum atomic E-state index is -5.84. The minimum Gasteiger partial charge on any atom is -0.744 e. The van der Waals surface area contributed by atoms with E-state index < -0.39 is 66.7 Å². The molecule has 700 valence electrons. The van der Waals surface area contributed by atoms with Crippen LogP contribution < -0.4 is 23.7 Å². The van der Waals surface area contributed by atoms with Gasteiger partial charge < -0.3 is 42.6 Å². The summed E-state index contributed by atoms with van der Waals surface area (Å²) in [5, 5.41) is 9.01. The van der Waals surface area contributed by atoms with Gasteiger partial charge in [0.15, 0.2) is 59.7 Å². The number of rotatable bonds is 32. The predicted octanol–water partition coefficient (Wildman–Crippen LogP) is 28.2. The molecule has 15 aromatic rings. The van der Waals surface area contributed by atoms with Gasteiger partial charge in [0.05, 0.1) is 33.3 Å². The summed E-state index contributed by atoms with van der Waals surface area (Å²) < 4.78 is 153. The molecule has 15 rings (SSSR count). The number of halogens is 4. The molecule has 0 fully saturated rings. The van der Waals surface area contributed by atoms with E-state index in [9.17, 15) is 48.3 Å². The maximum atomic E-state index is 13.8. The smallest absolute Gasteiger partial charge is 0.349 e. The van der Waals surface area contributed by atoms with Gasteiger partial charge in [-0.15, -0.1) is 0 Å². The molecule has 15 aromatic carbocycles.